The zero-order valence-corrected chi connectivity index (χ0v) is 11.4. The van der Waals surface area contributed by atoms with Crippen molar-refractivity contribution in [2.75, 3.05) is 14.1 Å². The smallest absolute Gasteiger partial charge is 0.0394 e. The minimum Gasteiger partial charge on any atom is -0.302 e. The summed E-state index contributed by atoms with van der Waals surface area (Å²) in [7, 11) is 4.35. The summed E-state index contributed by atoms with van der Waals surface area (Å²) >= 11 is 0. The van der Waals surface area contributed by atoms with Gasteiger partial charge in [-0.2, -0.15) is 0 Å². The summed E-state index contributed by atoms with van der Waals surface area (Å²) in [6.45, 7) is 4.54. The van der Waals surface area contributed by atoms with Gasteiger partial charge in [-0.1, -0.05) is 26.7 Å². The second kappa shape index (κ2) is 5.99. The van der Waals surface area contributed by atoms with Crippen molar-refractivity contribution < 1.29 is 0 Å². The Morgan fingerprint density at radius 1 is 1.31 bits per heavy atom. The Labute approximate surface area is 101 Å². The van der Waals surface area contributed by atoms with E-state index in [1.807, 2.05) is 0 Å². The lowest BCUT2D eigenvalue weighted by Gasteiger charge is -2.45. The Bertz CT molecular complexity index is 195. The molecule has 0 saturated heterocycles. The van der Waals surface area contributed by atoms with Crippen LogP contribution in [0, 0.1) is 5.92 Å². The van der Waals surface area contributed by atoms with Gasteiger partial charge >= 0.3 is 0 Å². The van der Waals surface area contributed by atoms with E-state index >= 15 is 0 Å². The molecule has 0 bridgehead atoms. The molecule has 1 atom stereocenters. The molecule has 1 saturated carbocycles. The number of hydrazine groups is 1. The number of likely N-dealkylation sites (N-methyl/N-ethyl adjacent to an activating group) is 1. The Morgan fingerprint density at radius 2 is 1.88 bits per heavy atom. The van der Waals surface area contributed by atoms with Crippen LogP contribution in [0.25, 0.3) is 0 Å². The number of rotatable bonds is 8. The molecule has 0 aromatic heterocycles. The highest BCUT2D eigenvalue weighted by molar-refractivity contribution is 4.96. The van der Waals surface area contributed by atoms with Crippen LogP contribution in [0.1, 0.15) is 52.4 Å². The molecule has 96 valence electrons. The molecular weight excluding hydrogens is 198 g/mol. The molecule has 1 aliphatic rings. The van der Waals surface area contributed by atoms with Crippen molar-refractivity contribution in [3.05, 3.63) is 0 Å². The lowest BCUT2D eigenvalue weighted by Crippen LogP contribution is -2.60. The fourth-order valence-corrected chi connectivity index (χ4v) is 3.00. The fraction of sp³-hybridized carbons (Fsp3) is 1.00. The van der Waals surface area contributed by atoms with Gasteiger partial charge in [0.25, 0.3) is 0 Å². The van der Waals surface area contributed by atoms with Crippen LogP contribution in [0.5, 0.6) is 0 Å². The van der Waals surface area contributed by atoms with Gasteiger partial charge in [0.2, 0.25) is 0 Å². The molecule has 0 amide bonds. The highest BCUT2D eigenvalue weighted by Crippen LogP contribution is 2.36. The minimum absolute atomic E-state index is 0.212. The van der Waals surface area contributed by atoms with Gasteiger partial charge in [-0.05, 0) is 45.7 Å². The topological polar surface area (TPSA) is 41.3 Å². The van der Waals surface area contributed by atoms with Gasteiger partial charge in [0.05, 0.1) is 0 Å². The highest BCUT2D eigenvalue weighted by atomic mass is 15.3. The largest absolute Gasteiger partial charge is 0.302 e. The third-order valence-electron chi connectivity index (χ3n) is 4.53. The monoisotopic (exact) mass is 227 g/mol. The molecule has 3 nitrogen and oxygen atoms in total. The normalized spacial score (nSPS) is 19.1. The van der Waals surface area contributed by atoms with Crippen molar-refractivity contribution in [2.24, 2.45) is 11.8 Å². The Kier molecular flexibility index (Phi) is 5.22. The Morgan fingerprint density at radius 3 is 2.19 bits per heavy atom. The lowest BCUT2D eigenvalue weighted by molar-refractivity contribution is 0.0824. The Hall–Kier alpha value is -0.120. The molecule has 3 heteroatoms. The number of hydrogen-bond donors (Lipinski definition) is 2. The number of nitrogens with zero attached hydrogens (tertiary/aromatic N) is 1. The molecule has 0 aromatic carbocycles. The van der Waals surface area contributed by atoms with Crippen LogP contribution in [-0.4, -0.2) is 30.6 Å². The summed E-state index contributed by atoms with van der Waals surface area (Å²) in [5.41, 5.74) is 3.28. The van der Waals surface area contributed by atoms with Gasteiger partial charge in [0.1, 0.15) is 0 Å². The molecular formula is C13H29N3. The van der Waals surface area contributed by atoms with Gasteiger partial charge in [0.15, 0.2) is 0 Å². The van der Waals surface area contributed by atoms with Crippen LogP contribution in [0.15, 0.2) is 0 Å². The Balaban J connectivity index is 2.62. The number of nitrogens with one attached hydrogen (secondary N) is 1. The molecule has 0 aliphatic heterocycles. The van der Waals surface area contributed by atoms with E-state index in [-0.39, 0.29) is 5.54 Å². The average molecular weight is 227 g/mol. The second-order valence-electron chi connectivity index (χ2n) is 5.45. The molecule has 16 heavy (non-hydrogen) atoms. The first-order valence-electron chi connectivity index (χ1n) is 6.74. The zero-order chi connectivity index (χ0) is 12.2. The maximum Gasteiger partial charge on any atom is 0.0394 e. The summed E-state index contributed by atoms with van der Waals surface area (Å²) in [5, 5.41) is 0. The van der Waals surface area contributed by atoms with Gasteiger partial charge in [-0.25, -0.2) is 0 Å². The van der Waals surface area contributed by atoms with Crippen molar-refractivity contribution >= 4 is 0 Å². The summed E-state index contributed by atoms with van der Waals surface area (Å²) in [6.07, 6.45) is 7.71. The van der Waals surface area contributed by atoms with Crippen molar-refractivity contribution in [3.63, 3.8) is 0 Å². The molecule has 0 heterocycles. The van der Waals surface area contributed by atoms with Crippen molar-refractivity contribution in [3.8, 4) is 0 Å². The first kappa shape index (κ1) is 13.9. The zero-order valence-electron chi connectivity index (χ0n) is 11.4. The van der Waals surface area contributed by atoms with E-state index in [4.69, 9.17) is 5.84 Å². The third-order valence-corrected chi connectivity index (χ3v) is 4.53. The summed E-state index contributed by atoms with van der Waals surface area (Å²) in [4.78, 5) is 2.35. The van der Waals surface area contributed by atoms with Crippen LogP contribution in [0.3, 0.4) is 0 Å². The fourth-order valence-electron chi connectivity index (χ4n) is 3.00. The molecule has 0 radical (unpaired) electrons. The van der Waals surface area contributed by atoms with Crippen LogP contribution in [-0.2, 0) is 0 Å². The van der Waals surface area contributed by atoms with Crippen LogP contribution in [0.4, 0.5) is 0 Å². The highest BCUT2D eigenvalue weighted by Gasteiger charge is 2.37. The van der Waals surface area contributed by atoms with E-state index in [0.717, 1.165) is 18.8 Å². The molecule has 0 spiro atoms. The maximum absolute atomic E-state index is 5.78. The summed E-state index contributed by atoms with van der Waals surface area (Å²) in [6, 6.07) is 0.415. The standard InChI is InChI=1S/C13H29N3/c1-5-13(6-2,16(3)4)12(15-14)10-9-11-7-8-11/h11-12,15H,5-10,14H2,1-4H3. The predicted molar refractivity (Wildman–Crippen MR) is 70.1 cm³/mol. The van der Waals surface area contributed by atoms with Gasteiger partial charge in [0, 0.05) is 11.6 Å². The average Bonchev–Trinajstić information content (AvgIpc) is 3.08. The van der Waals surface area contributed by atoms with E-state index in [1.54, 1.807) is 0 Å². The molecule has 1 rings (SSSR count). The van der Waals surface area contributed by atoms with E-state index in [1.165, 1.54) is 25.7 Å². The quantitative estimate of drug-likeness (QED) is 0.493. The number of hydrogen-bond acceptors (Lipinski definition) is 3. The first-order chi connectivity index (χ1) is 7.60. The van der Waals surface area contributed by atoms with Gasteiger partial charge in [-0.15, -0.1) is 0 Å². The lowest BCUT2D eigenvalue weighted by atomic mass is 9.81. The summed E-state index contributed by atoms with van der Waals surface area (Å²) in [5.74, 6) is 6.77. The molecule has 3 N–H and O–H groups in total. The summed E-state index contributed by atoms with van der Waals surface area (Å²) < 4.78 is 0. The van der Waals surface area contributed by atoms with Crippen LogP contribution < -0.4 is 11.3 Å². The molecule has 1 aliphatic carbocycles. The van der Waals surface area contributed by atoms with Crippen LogP contribution in [0.2, 0.25) is 0 Å². The molecule has 1 unspecified atom stereocenters. The first-order valence-corrected chi connectivity index (χ1v) is 6.74. The van der Waals surface area contributed by atoms with Crippen LogP contribution >= 0.6 is 0 Å². The van der Waals surface area contributed by atoms with E-state index in [2.05, 4.69) is 38.3 Å². The third kappa shape index (κ3) is 2.96. The van der Waals surface area contributed by atoms with Gasteiger partial charge < -0.3 is 4.90 Å². The van der Waals surface area contributed by atoms with Gasteiger partial charge in [-0.3, -0.25) is 11.3 Å². The van der Waals surface area contributed by atoms with Crippen molar-refractivity contribution in [2.45, 2.75) is 64.0 Å². The van der Waals surface area contributed by atoms with E-state index < -0.39 is 0 Å². The SMILES string of the molecule is CCC(CC)(C(CCC1CC1)NN)N(C)C. The minimum atomic E-state index is 0.212. The second-order valence-corrected chi connectivity index (χ2v) is 5.45. The molecule has 0 aromatic rings. The molecule has 1 fully saturated rings. The van der Waals surface area contributed by atoms with Crippen molar-refractivity contribution in [1.29, 1.82) is 0 Å². The van der Waals surface area contributed by atoms with Crippen molar-refractivity contribution in [1.82, 2.24) is 10.3 Å². The maximum atomic E-state index is 5.78. The predicted octanol–water partition coefficient (Wildman–Crippen LogP) is 2.13. The number of nitrogens with two attached hydrogens (primary N) is 1. The van der Waals surface area contributed by atoms with E-state index in [0.29, 0.717) is 6.04 Å². The van der Waals surface area contributed by atoms with E-state index in [9.17, 15) is 0 Å².